The minimum atomic E-state index is -0.518. The van der Waals surface area contributed by atoms with Gasteiger partial charge in [-0.3, -0.25) is 9.69 Å². The first-order valence-corrected chi connectivity index (χ1v) is 14.6. The molecule has 0 aliphatic carbocycles. The Kier molecular flexibility index (Phi) is 9.14. The van der Waals surface area contributed by atoms with Crippen LogP contribution in [0.2, 0.25) is 0 Å². The lowest BCUT2D eigenvalue weighted by Crippen LogP contribution is -2.40. The molecule has 2 heterocycles. The SMILES string of the molecule is CC(N)C(=O)NCCOc1ccc(-c2sc3ccccc3c2Cc2ccc(OCCN3CCCC3)cc2)cc1. The molecule has 1 amide bonds. The van der Waals surface area contributed by atoms with Gasteiger partial charge in [0, 0.05) is 16.1 Å². The Hall–Kier alpha value is -3.39. The second-order valence-electron chi connectivity index (χ2n) is 10.1. The van der Waals surface area contributed by atoms with E-state index in [4.69, 9.17) is 15.2 Å². The van der Waals surface area contributed by atoms with E-state index < -0.39 is 6.04 Å². The maximum Gasteiger partial charge on any atom is 0.236 e. The zero-order valence-electron chi connectivity index (χ0n) is 22.5. The maximum absolute atomic E-state index is 11.6. The molecule has 3 aromatic carbocycles. The highest BCUT2D eigenvalue weighted by molar-refractivity contribution is 7.22. The smallest absolute Gasteiger partial charge is 0.236 e. The normalized spacial score (nSPS) is 14.4. The highest BCUT2D eigenvalue weighted by Crippen LogP contribution is 2.40. The average molecular weight is 544 g/mol. The summed E-state index contributed by atoms with van der Waals surface area (Å²) in [6.45, 7) is 6.61. The molecule has 0 saturated carbocycles. The van der Waals surface area contributed by atoms with Gasteiger partial charge in [-0.2, -0.15) is 0 Å². The third-order valence-corrected chi connectivity index (χ3v) is 8.34. The Morgan fingerprint density at radius 2 is 1.62 bits per heavy atom. The highest BCUT2D eigenvalue weighted by Gasteiger charge is 2.15. The van der Waals surface area contributed by atoms with E-state index in [2.05, 4.69) is 70.9 Å². The quantitative estimate of drug-likeness (QED) is 0.232. The second-order valence-corrected chi connectivity index (χ2v) is 11.1. The summed E-state index contributed by atoms with van der Waals surface area (Å²) < 4.78 is 13.1. The number of nitrogens with two attached hydrogens (primary N) is 1. The number of ether oxygens (including phenoxy) is 2. The van der Waals surface area contributed by atoms with Crippen LogP contribution in [0.15, 0.2) is 72.8 Å². The van der Waals surface area contributed by atoms with Crippen LogP contribution < -0.4 is 20.5 Å². The average Bonchev–Trinajstić information content (AvgIpc) is 3.60. The van der Waals surface area contributed by atoms with Crippen molar-refractivity contribution in [2.45, 2.75) is 32.2 Å². The maximum atomic E-state index is 11.6. The van der Waals surface area contributed by atoms with Gasteiger partial charge in [0.2, 0.25) is 5.91 Å². The summed E-state index contributed by atoms with van der Waals surface area (Å²) in [5, 5.41) is 4.06. The molecule has 3 N–H and O–H groups in total. The van der Waals surface area contributed by atoms with Crippen LogP contribution in [0, 0.1) is 0 Å². The number of carbonyl (C=O) groups is 1. The van der Waals surface area contributed by atoms with Gasteiger partial charge in [0.15, 0.2) is 0 Å². The third kappa shape index (κ3) is 7.18. The molecule has 4 aromatic rings. The molecular weight excluding hydrogens is 506 g/mol. The van der Waals surface area contributed by atoms with Gasteiger partial charge >= 0.3 is 0 Å². The second kappa shape index (κ2) is 13.1. The predicted molar refractivity (Wildman–Crippen MR) is 160 cm³/mol. The Bertz CT molecular complexity index is 1360. The van der Waals surface area contributed by atoms with E-state index in [1.807, 2.05) is 23.5 Å². The lowest BCUT2D eigenvalue weighted by molar-refractivity contribution is -0.122. The minimum Gasteiger partial charge on any atom is -0.492 e. The molecule has 1 aliphatic rings. The van der Waals surface area contributed by atoms with Crippen LogP contribution in [0.5, 0.6) is 11.5 Å². The van der Waals surface area contributed by atoms with E-state index in [9.17, 15) is 4.79 Å². The largest absolute Gasteiger partial charge is 0.492 e. The van der Waals surface area contributed by atoms with Crippen LogP contribution in [0.3, 0.4) is 0 Å². The third-order valence-electron chi connectivity index (χ3n) is 7.08. The summed E-state index contributed by atoms with van der Waals surface area (Å²) >= 11 is 1.83. The summed E-state index contributed by atoms with van der Waals surface area (Å²) in [7, 11) is 0. The molecule has 1 fully saturated rings. The first-order chi connectivity index (χ1) is 19.1. The molecule has 204 valence electrons. The molecule has 5 rings (SSSR count). The van der Waals surface area contributed by atoms with Crippen LogP contribution in [-0.4, -0.2) is 56.2 Å². The van der Waals surface area contributed by atoms with Crippen molar-refractivity contribution in [3.05, 3.63) is 83.9 Å². The van der Waals surface area contributed by atoms with Crippen LogP contribution in [0.1, 0.15) is 30.9 Å². The number of hydrogen-bond donors (Lipinski definition) is 2. The fourth-order valence-electron chi connectivity index (χ4n) is 4.92. The topological polar surface area (TPSA) is 76.8 Å². The minimum absolute atomic E-state index is 0.175. The molecule has 39 heavy (non-hydrogen) atoms. The summed E-state index contributed by atoms with van der Waals surface area (Å²) in [6.07, 6.45) is 3.47. The lowest BCUT2D eigenvalue weighted by Gasteiger charge is -2.15. The molecule has 1 aliphatic heterocycles. The Labute approximate surface area is 234 Å². The van der Waals surface area contributed by atoms with Crippen molar-refractivity contribution >= 4 is 27.3 Å². The first kappa shape index (κ1) is 27.2. The van der Waals surface area contributed by atoms with Crippen LogP contribution in [0.4, 0.5) is 0 Å². The van der Waals surface area contributed by atoms with E-state index in [0.29, 0.717) is 13.2 Å². The number of carbonyl (C=O) groups excluding carboxylic acids is 1. The van der Waals surface area contributed by atoms with Gasteiger partial charge in [0.25, 0.3) is 0 Å². The van der Waals surface area contributed by atoms with Crippen LogP contribution in [0.25, 0.3) is 20.5 Å². The van der Waals surface area contributed by atoms with Crippen LogP contribution in [-0.2, 0) is 11.2 Å². The van der Waals surface area contributed by atoms with Gasteiger partial charge in [-0.05, 0) is 104 Å². The molecule has 0 bridgehead atoms. The number of nitrogens with one attached hydrogen (secondary N) is 1. The number of rotatable bonds is 12. The molecule has 1 atom stereocenters. The van der Waals surface area contributed by atoms with Crippen molar-refractivity contribution in [2.24, 2.45) is 5.73 Å². The van der Waals surface area contributed by atoms with Crippen molar-refractivity contribution in [3.8, 4) is 21.9 Å². The molecule has 0 radical (unpaired) electrons. The number of amides is 1. The molecule has 1 unspecified atom stereocenters. The van der Waals surface area contributed by atoms with Gasteiger partial charge in [0.05, 0.1) is 12.6 Å². The number of hydrogen-bond acceptors (Lipinski definition) is 6. The number of nitrogens with zero attached hydrogens (tertiary/aromatic N) is 1. The summed E-state index contributed by atoms with van der Waals surface area (Å²) in [5.74, 6) is 1.53. The fourth-order valence-corrected chi connectivity index (χ4v) is 6.15. The lowest BCUT2D eigenvalue weighted by atomic mass is 9.99. The number of thiophene rings is 1. The molecular formula is C32H37N3O3S. The van der Waals surface area contributed by atoms with Crippen molar-refractivity contribution in [1.82, 2.24) is 10.2 Å². The predicted octanol–water partition coefficient (Wildman–Crippen LogP) is 5.48. The van der Waals surface area contributed by atoms with Gasteiger partial charge in [0.1, 0.15) is 24.7 Å². The zero-order chi connectivity index (χ0) is 27.0. The van der Waals surface area contributed by atoms with Crippen LogP contribution >= 0.6 is 11.3 Å². The molecule has 6 nitrogen and oxygen atoms in total. The van der Waals surface area contributed by atoms with Gasteiger partial charge < -0.3 is 20.5 Å². The van der Waals surface area contributed by atoms with Gasteiger partial charge in [-0.25, -0.2) is 0 Å². The van der Waals surface area contributed by atoms with Gasteiger partial charge in [-0.15, -0.1) is 11.3 Å². The van der Waals surface area contributed by atoms with E-state index in [0.717, 1.165) is 31.1 Å². The zero-order valence-corrected chi connectivity index (χ0v) is 23.3. The first-order valence-electron chi connectivity index (χ1n) is 13.8. The molecule has 0 spiro atoms. The van der Waals surface area contributed by atoms with Crippen molar-refractivity contribution in [2.75, 3.05) is 39.4 Å². The number of fused-ring (bicyclic) bond motifs is 1. The Morgan fingerprint density at radius 3 is 2.33 bits per heavy atom. The van der Waals surface area contributed by atoms with E-state index in [1.165, 1.54) is 57.6 Å². The Morgan fingerprint density at radius 1 is 0.949 bits per heavy atom. The van der Waals surface area contributed by atoms with Gasteiger partial charge in [-0.1, -0.05) is 30.3 Å². The number of likely N-dealkylation sites (tertiary alicyclic amines) is 1. The highest BCUT2D eigenvalue weighted by atomic mass is 32.1. The Balaban J connectivity index is 1.25. The van der Waals surface area contributed by atoms with Crippen molar-refractivity contribution in [3.63, 3.8) is 0 Å². The van der Waals surface area contributed by atoms with Crippen molar-refractivity contribution < 1.29 is 14.3 Å². The monoisotopic (exact) mass is 543 g/mol. The summed E-state index contributed by atoms with van der Waals surface area (Å²) in [5.41, 5.74) is 9.35. The van der Waals surface area contributed by atoms with E-state index in [-0.39, 0.29) is 5.91 Å². The van der Waals surface area contributed by atoms with Crippen molar-refractivity contribution in [1.29, 1.82) is 0 Å². The summed E-state index contributed by atoms with van der Waals surface area (Å²) in [4.78, 5) is 15.3. The summed E-state index contributed by atoms with van der Waals surface area (Å²) in [6, 6.07) is 24.9. The van der Waals surface area contributed by atoms with E-state index >= 15 is 0 Å². The molecule has 1 aromatic heterocycles. The molecule has 1 saturated heterocycles. The number of benzene rings is 3. The molecule has 7 heteroatoms. The standard InChI is InChI=1S/C32H37N3O3S/c1-23(33)32(36)34-16-20-37-27-14-10-25(11-15-27)31-29(28-6-2-3-7-30(28)39-31)22-24-8-12-26(13-9-24)38-21-19-35-17-4-5-18-35/h2-3,6-15,23H,4-5,16-22,33H2,1H3,(H,34,36). The fraction of sp³-hybridized carbons (Fsp3) is 0.344. The van der Waals surface area contributed by atoms with E-state index in [1.54, 1.807) is 6.92 Å².